The molecule has 20 heavy (non-hydrogen) atoms. The first-order valence-corrected chi connectivity index (χ1v) is 7.62. The van der Waals surface area contributed by atoms with Crippen LogP contribution in [-0.2, 0) is 10.2 Å². The van der Waals surface area contributed by atoms with Crippen molar-refractivity contribution < 1.29 is 4.79 Å². The number of likely N-dealkylation sites (N-methyl/N-ethyl adjacent to an activating group) is 2. The quantitative estimate of drug-likeness (QED) is 0.905. The average Bonchev–Trinajstić information content (AvgIpc) is 2.38. The van der Waals surface area contributed by atoms with Crippen LogP contribution in [-0.4, -0.2) is 38.0 Å². The fourth-order valence-corrected chi connectivity index (χ4v) is 2.99. The Balaban J connectivity index is 2.24. The summed E-state index contributed by atoms with van der Waals surface area (Å²) in [5.41, 5.74) is 0.580. The van der Waals surface area contributed by atoms with Crippen molar-refractivity contribution in [3.63, 3.8) is 0 Å². The molecule has 0 spiro atoms. The number of rotatable bonds is 5. The number of carbonyl (C=O) groups excluding carboxylic acids is 1. The Labute approximate surface area is 130 Å². The van der Waals surface area contributed by atoms with Crippen LogP contribution in [0.2, 0.25) is 10.0 Å². The second kappa shape index (κ2) is 6.33. The topological polar surface area (TPSA) is 32.3 Å². The summed E-state index contributed by atoms with van der Waals surface area (Å²) in [6, 6.07) is 5.55. The minimum Gasteiger partial charge on any atom is -0.344 e. The predicted molar refractivity (Wildman–Crippen MR) is 83.6 cm³/mol. The zero-order valence-corrected chi connectivity index (χ0v) is 13.4. The lowest BCUT2D eigenvalue weighted by molar-refractivity contribution is -0.139. The zero-order chi connectivity index (χ0) is 14.8. The lowest BCUT2D eigenvalue weighted by atomic mass is 9.63. The van der Waals surface area contributed by atoms with Crippen LogP contribution in [0, 0.1) is 0 Å². The van der Waals surface area contributed by atoms with Gasteiger partial charge in [0.2, 0.25) is 5.91 Å². The van der Waals surface area contributed by atoms with Gasteiger partial charge in [-0.05, 0) is 37.6 Å². The van der Waals surface area contributed by atoms with Crippen LogP contribution in [0.1, 0.15) is 24.8 Å². The van der Waals surface area contributed by atoms with Gasteiger partial charge in [0, 0.05) is 20.1 Å². The van der Waals surface area contributed by atoms with Crippen LogP contribution in [0.5, 0.6) is 0 Å². The Morgan fingerprint density at radius 2 is 2.05 bits per heavy atom. The first-order chi connectivity index (χ1) is 9.51. The van der Waals surface area contributed by atoms with Gasteiger partial charge in [-0.15, -0.1) is 0 Å². The van der Waals surface area contributed by atoms with E-state index < -0.39 is 5.41 Å². The van der Waals surface area contributed by atoms with Crippen molar-refractivity contribution in [2.75, 3.05) is 27.2 Å². The molecule has 0 saturated heterocycles. The van der Waals surface area contributed by atoms with Gasteiger partial charge in [0.25, 0.3) is 0 Å². The fourth-order valence-electron chi connectivity index (χ4n) is 2.70. The third-order valence-electron chi connectivity index (χ3n) is 4.13. The summed E-state index contributed by atoms with van der Waals surface area (Å²) in [5.74, 6) is 0.178. The number of halogens is 2. The number of hydrogen-bond donors (Lipinski definition) is 1. The smallest absolute Gasteiger partial charge is 0.233 e. The summed E-state index contributed by atoms with van der Waals surface area (Å²) < 4.78 is 0. The predicted octanol–water partition coefficient (Wildman–Crippen LogP) is 3.09. The highest BCUT2D eigenvalue weighted by Gasteiger charge is 2.47. The van der Waals surface area contributed by atoms with Gasteiger partial charge >= 0.3 is 0 Å². The van der Waals surface area contributed by atoms with Crippen LogP contribution in [0.25, 0.3) is 0 Å². The normalized spacial score (nSPS) is 16.6. The van der Waals surface area contributed by atoms with E-state index in [0.717, 1.165) is 31.4 Å². The van der Waals surface area contributed by atoms with E-state index in [1.807, 2.05) is 26.2 Å². The monoisotopic (exact) mass is 314 g/mol. The third kappa shape index (κ3) is 2.80. The van der Waals surface area contributed by atoms with Crippen LogP contribution in [0.4, 0.5) is 0 Å². The second-order valence-electron chi connectivity index (χ2n) is 5.39. The number of nitrogens with zero attached hydrogens (tertiary/aromatic N) is 1. The molecule has 1 amide bonds. The van der Waals surface area contributed by atoms with Crippen molar-refractivity contribution in [1.29, 1.82) is 0 Å². The van der Waals surface area contributed by atoms with E-state index in [-0.39, 0.29) is 5.91 Å². The summed E-state index contributed by atoms with van der Waals surface area (Å²) in [5, 5.41) is 4.11. The van der Waals surface area contributed by atoms with Crippen molar-refractivity contribution in [3.8, 4) is 0 Å². The van der Waals surface area contributed by atoms with Gasteiger partial charge < -0.3 is 10.2 Å². The molecule has 0 heterocycles. The SMILES string of the molecule is CNCCN(C)C(=O)C1(c2ccc(Cl)c(Cl)c2)CCC1. The highest BCUT2D eigenvalue weighted by atomic mass is 35.5. The molecule has 1 aliphatic rings. The van der Waals surface area contributed by atoms with Crippen molar-refractivity contribution in [2.24, 2.45) is 0 Å². The Kier molecular flexibility index (Phi) is 4.95. The van der Waals surface area contributed by atoms with Gasteiger partial charge in [0.1, 0.15) is 0 Å². The molecule has 5 heteroatoms. The molecule has 3 nitrogen and oxygen atoms in total. The molecule has 110 valence electrons. The lowest BCUT2D eigenvalue weighted by Crippen LogP contribution is -2.50. The molecule has 2 rings (SSSR count). The minimum atomic E-state index is -0.406. The summed E-state index contributed by atoms with van der Waals surface area (Å²) in [6.45, 7) is 1.50. The zero-order valence-electron chi connectivity index (χ0n) is 11.9. The fraction of sp³-hybridized carbons (Fsp3) is 0.533. The molecule has 1 saturated carbocycles. The number of nitrogens with one attached hydrogen (secondary N) is 1. The maximum atomic E-state index is 12.8. The first-order valence-electron chi connectivity index (χ1n) is 6.87. The van der Waals surface area contributed by atoms with Crippen molar-refractivity contribution in [1.82, 2.24) is 10.2 Å². The number of hydrogen-bond acceptors (Lipinski definition) is 2. The summed E-state index contributed by atoms with van der Waals surface area (Å²) >= 11 is 12.1. The maximum Gasteiger partial charge on any atom is 0.233 e. The highest BCUT2D eigenvalue weighted by molar-refractivity contribution is 6.42. The van der Waals surface area contributed by atoms with E-state index in [9.17, 15) is 4.79 Å². The van der Waals surface area contributed by atoms with Gasteiger partial charge in [-0.1, -0.05) is 35.7 Å². The van der Waals surface area contributed by atoms with E-state index in [2.05, 4.69) is 5.32 Å². The molecule has 1 aromatic rings. The molecule has 0 radical (unpaired) electrons. The minimum absolute atomic E-state index is 0.178. The first kappa shape index (κ1) is 15.6. The van der Waals surface area contributed by atoms with Crippen LogP contribution >= 0.6 is 23.2 Å². The molecule has 0 bridgehead atoms. The van der Waals surface area contributed by atoms with E-state index in [0.29, 0.717) is 16.6 Å². The summed E-state index contributed by atoms with van der Waals surface area (Å²) in [7, 11) is 3.74. The van der Waals surface area contributed by atoms with Crippen molar-refractivity contribution >= 4 is 29.1 Å². The van der Waals surface area contributed by atoms with E-state index in [1.54, 1.807) is 11.0 Å². The number of amides is 1. The molecular formula is C15H20Cl2N2O. The largest absolute Gasteiger partial charge is 0.344 e. The third-order valence-corrected chi connectivity index (χ3v) is 4.87. The van der Waals surface area contributed by atoms with Gasteiger partial charge in [-0.2, -0.15) is 0 Å². The molecule has 0 unspecified atom stereocenters. The second-order valence-corrected chi connectivity index (χ2v) is 6.21. The lowest BCUT2D eigenvalue weighted by Gasteiger charge is -2.43. The highest BCUT2D eigenvalue weighted by Crippen LogP contribution is 2.46. The van der Waals surface area contributed by atoms with E-state index in [4.69, 9.17) is 23.2 Å². The molecule has 0 aliphatic heterocycles. The molecule has 0 aromatic heterocycles. The van der Waals surface area contributed by atoms with Gasteiger partial charge in [-0.25, -0.2) is 0 Å². The maximum absolute atomic E-state index is 12.8. The van der Waals surface area contributed by atoms with Gasteiger partial charge in [-0.3, -0.25) is 4.79 Å². The summed E-state index contributed by atoms with van der Waals surface area (Å²) in [4.78, 5) is 14.6. The van der Waals surface area contributed by atoms with Crippen molar-refractivity contribution in [2.45, 2.75) is 24.7 Å². The van der Waals surface area contributed by atoms with Gasteiger partial charge in [0.05, 0.1) is 15.5 Å². The Morgan fingerprint density at radius 1 is 1.35 bits per heavy atom. The molecule has 1 aliphatic carbocycles. The Morgan fingerprint density at radius 3 is 2.55 bits per heavy atom. The molecule has 1 N–H and O–H groups in total. The van der Waals surface area contributed by atoms with E-state index >= 15 is 0 Å². The Bertz CT molecular complexity index is 501. The van der Waals surface area contributed by atoms with Crippen LogP contribution in [0.15, 0.2) is 18.2 Å². The molecule has 1 aromatic carbocycles. The number of benzene rings is 1. The number of carbonyl (C=O) groups is 1. The van der Waals surface area contributed by atoms with Crippen LogP contribution < -0.4 is 5.32 Å². The average molecular weight is 315 g/mol. The Hall–Kier alpha value is -0.770. The summed E-state index contributed by atoms with van der Waals surface area (Å²) in [6.07, 6.45) is 2.84. The standard InChI is InChI=1S/C15H20Cl2N2O/c1-18-8-9-19(2)14(20)15(6-3-7-15)11-4-5-12(16)13(17)10-11/h4-5,10,18H,3,6-9H2,1-2H3. The molecule has 0 atom stereocenters. The van der Waals surface area contributed by atoms with E-state index in [1.165, 1.54) is 0 Å². The van der Waals surface area contributed by atoms with Crippen LogP contribution in [0.3, 0.4) is 0 Å². The molecular weight excluding hydrogens is 295 g/mol. The van der Waals surface area contributed by atoms with Gasteiger partial charge in [0.15, 0.2) is 0 Å². The molecule has 1 fully saturated rings. The van der Waals surface area contributed by atoms with Crippen molar-refractivity contribution in [3.05, 3.63) is 33.8 Å².